The lowest BCUT2D eigenvalue weighted by molar-refractivity contribution is -0.148. The number of hydrogen-bond acceptors (Lipinski definition) is 6. The van der Waals surface area contributed by atoms with Crippen LogP contribution in [-0.4, -0.2) is 71.3 Å². The molecule has 2 rings (SSSR count). The van der Waals surface area contributed by atoms with Crippen molar-refractivity contribution in [1.82, 2.24) is 0 Å². The van der Waals surface area contributed by atoms with E-state index in [-0.39, 0.29) is 13.2 Å². The highest BCUT2D eigenvalue weighted by molar-refractivity contribution is 5.49. The van der Waals surface area contributed by atoms with Crippen LogP contribution >= 0.6 is 0 Å². The van der Waals surface area contributed by atoms with E-state index in [9.17, 15) is 20.4 Å². The lowest BCUT2D eigenvalue weighted by Crippen LogP contribution is -2.49. The average Bonchev–Trinajstić information content (AvgIpc) is 2.80. The third kappa shape index (κ3) is 8.20. The van der Waals surface area contributed by atoms with Gasteiger partial charge in [0.2, 0.25) is 0 Å². The second-order valence-corrected chi connectivity index (χ2v) is 6.72. The van der Waals surface area contributed by atoms with Crippen molar-refractivity contribution in [2.75, 3.05) is 26.4 Å². The number of aliphatic hydroxyl groups excluding tert-OH is 4. The van der Waals surface area contributed by atoms with Gasteiger partial charge in [-0.25, -0.2) is 0 Å². The minimum absolute atomic E-state index is 0.147. The number of ether oxygens (including phenoxy) is 2. The van der Waals surface area contributed by atoms with Crippen LogP contribution in [0.15, 0.2) is 72.8 Å². The second kappa shape index (κ2) is 13.8. The van der Waals surface area contributed by atoms with Gasteiger partial charge < -0.3 is 29.9 Å². The Balaban J connectivity index is 1.81. The van der Waals surface area contributed by atoms with Crippen LogP contribution in [0.25, 0.3) is 12.2 Å². The average molecular weight is 414 g/mol. The molecule has 0 unspecified atom stereocenters. The van der Waals surface area contributed by atoms with Crippen LogP contribution in [0.2, 0.25) is 0 Å². The number of benzene rings is 2. The lowest BCUT2D eigenvalue weighted by atomic mass is 10.0. The minimum atomic E-state index is -1.42. The number of aliphatic hydroxyl groups is 4. The summed E-state index contributed by atoms with van der Waals surface area (Å²) in [7, 11) is 0. The molecule has 6 nitrogen and oxygen atoms in total. The van der Waals surface area contributed by atoms with Crippen molar-refractivity contribution in [2.45, 2.75) is 24.4 Å². The Morgan fingerprint density at radius 1 is 0.633 bits per heavy atom. The Labute approximate surface area is 177 Å². The fourth-order valence-electron chi connectivity index (χ4n) is 2.81. The standard InChI is InChI=1S/C24H30O6/c25-17-21(29-15-7-13-19-9-3-1-4-10-19)23(27)24(28)22(18-26)30-16-8-14-20-11-5-2-6-12-20/h1-14,21-28H,15-18H2/b13-7+,14-8+/t21-,22-,23-,24-/m1/s1. The van der Waals surface area contributed by atoms with E-state index in [4.69, 9.17) is 9.47 Å². The molecule has 0 fully saturated rings. The topological polar surface area (TPSA) is 99.4 Å². The van der Waals surface area contributed by atoms with Gasteiger partial charge in [0.05, 0.1) is 26.4 Å². The molecule has 0 spiro atoms. The van der Waals surface area contributed by atoms with Crippen LogP contribution in [0, 0.1) is 0 Å². The van der Waals surface area contributed by atoms with Gasteiger partial charge in [0, 0.05) is 0 Å². The predicted octanol–water partition coefficient (Wildman–Crippen LogP) is 1.89. The van der Waals surface area contributed by atoms with Gasteiger partial charge in [-0.3, -0.25) is 0 Å². The molecule has 0 amide bonds. The van der Waals surface area contributed by atoms with Crippen LogP contribution in [-0.2, 0) is 9.47 Å². The van der Waals surface area contributed by atoms with E-state index in [2.05, 4.69) is 0 Å². The van der Waals surface area contributed by atoms with E-state index in [1.54, 1.807) is 12.2 Å². The molecule has 0 aliphatic carbocycles. The van der Waals surface area contributed by atoms with Crippen molar-refractivity contribution >= 4 is 12.2 Å². The summed E-state index contributed by atoms with van der Waals surface area (Å²) in [4.78, 5) is 0. The van der Waals surface area contributed by atoms with E-state index in [0.29, 0.717) is 0 Å². The first-order valence-electron chi connectivity index (χ1n) is 9.90. The molecule has 4 atom stereocenters. The molecule has 0 aliphatic heterocycles. The van der Waals surface area contributed by atoms with Crippen molar-refractivity contribution in [3.63, 3.8) is 0 Å². The Morgan fingerprint density at radius 3 is 1.33 bits per heavy atom. The Hall–Kier alpha value is -2.32. The van der Waals surface area contributed by atoms with Crippen molar-refractivity contribution in [3.8, 4) is 0 Å². The van der Waals surface area contributed by atoms with E-state index in [1.165, 1.54) is 0 Å². The first-order chi connectivity index (χ1) is 14.7. The summed E-state index contributed by atoms with van der Waals surface area (Å²) in [6.07, 6.45) is 2.35. The summed E-state index contributed by atoms with van der Waals surface area (Å²) >= 11 is 0. The van der Waals surface area contributed by atoms with Gasteiger partial charge in [-0.15, -0.1) is 0 Å². The van der Waals surface area contributed by atoms with E-state index < -0.39 is 37.6 Å². The first-order valence-corrected chi connectivity index (χ1v) is 9.90. The summed E-state index contributed by atoms with van der Waals surface area (Å²) < 4.78 is 11.0. The molecular weight excluding hydrogens is 384 g/mol. The van der Waals surface area contributed by atoms with E-state index in [0.717, 1.165) is 11.1 Å². The smallest absolute Gasteiger partial charge is 0.111 e. The Bertz CT molecular complexity index is 681. The normalized spacial score (nSPS) is 16.0. The molecule has 6 heteroatoms. The van der Waals surface area contributed by atoms with Gasteiger partial charge in [-0.05, 0) is 11.1 Å². The molecule has 2 aromatic rings. The highest BCUT2D eigenvalue weighted by Gasteiger charge is 2.32. The lowest BCUT2D eigenvalue weighted by Gasteiger charge is -2.29. The summed E-state index contributed by atoms with van der Waals surface area (Å²) in [5.74, 6) is 0. The summed E-state index contributed by atoms with van der Waals surface area (Å²) in [6, 6.07) is 19.3. The molecule has 0 radical (unpaired) electrons. The molecular formula is C24H30O6. The maximum absolute atomic E-state index is 10.4. The van der Waals surface area contributed by atoms with Crippen molar-refractivity contribution < 1.29 is 29.9 Å². The van der Waals surface area contributed by atoms with E-state index >= 15 is 0 Å². The van der Waals surface area contributed by atoms with E-state index in [1.807, 2.05) is 72.8 Å². The maximum atomic E-state index is 10.4. The van der Waals surface area contributed by atoms with Crippen molar-refractivity contribution in [1.29, 1.82) is 0 Å². The maximum Gasteiger partial charge on any atom is 0.111 e. The molecule has 0 bridgehead atoms. The van der Waals surface area contributed by atoms with Crippen LogP contribution in [0.4, 0.5) is 0 Å². The Kier molecular flexibility index (Phi) is 11.0. The number of hydrogen-bond donors (Lipinski definition) is 4. The molecule has 0 saturated carbocycles. The zero-order chi connectivity index (χ0) is 21.6. The van der Waals surface area contributed by atoms with Crippen LogP contribution in [0.5, 0.6) is 0 Å². The first kappa shape index (κ1) is 24.0. The van der Waals surface area contributed by atoms with Crippen molar-refractivity contribution in [2.24, 2.45) is 0 Å². The third-order valence-corrected chi connectivity index (χ3v) is 4.50. The monoisotopic (exact) mass is 414 g/mol. The Morgan fingerprint density at radius 2 is 1.00 bits per heavy atom. The number of rotatable bonds is 13. The third-order valence-electron chi connectivity index (χ3n) is 4.50. The largest absolute Gasteiger partial charge is 0.394 e. The molecule has 0 saturated heterocycles. The zero-order valence-electron chi connectivity index (χ0n) is 16.8. The SMILES string of the molecule is OC[C@@H](OC/C=C/c1ccccc1)[C@@H](O)[C@H](O)[C@@H](CO)OC/C=C/c1ccccc1. The van der Waals surface area contributed by atoms with Crippen LogP contribution in [0.3, 0.4) is 0 Å². The molecule has 2 aromatic carbocycles. The molecule has 30 heavy (non-hydrogen) atoms. The zero-order valence-corrected chi connectivity index (χ0v) is 16.8. The fraction of sp³-hybridized carbons (Fsp3) is 0.333. The summed E-state index contributed by atoms with van der Waals surface area (Å²) in [5.41, 5.74) is 2.00. The van der Waals surface area contributed by atoms with Gasteiger partial charge in [-0.2, -0.15) is 0 Å². The van der Waals surface area contributed by atoms with Crippen LogP contribution in [0.1, 0.15) is 11.1 Å². The molecule has 0 aliphatic rings. The second-order valence-electron chi connectivity index (χ2n) is 6.72. The van der Waals surface area contributed by atoms with Gasteiger partial charge in [0.25, 0.3) is 0 Å². The van der Waals surface area contributed by atoms with Crippen molar-refractivity contribution in [3.05, 3.63) is 83.9 Å². The predicted molar refractivity (Wildman–Crippen MR) is 117 cm³/mol. The molecule has 0 aromatic heterocycles. The minimum Gasteiger partial charge on any atom is -0.394 e. The van der Waals surface area contributed by atoms with Gasteiger partial charge in [0.15, 0.2) is 0 Å². The fourth-order valence-corrected chi connectivity index (χ4v) is 2.81. The quantitative estimate of drug-likeness (QED) is 0.400. The molecule has 162 valence electrons. The van der Waals surface area contributed by atoms with Crippen LogP contribution < -0.4 is 0 Å². The highest BCUT2D eigenvalue weighted by atomic mass is 16.5. The molecule has 4 N–H and O–H groups in total. The highest BCUT2D eigenvalue weighted by Crippen LogP contribution is 2.12. The van der Waals surface area contributed by atoms with Gasteiger partial charge in [0.1, 0.15) is 24.4 Å². The molecule has 0 heterocycles. The summed E-state index contributed by atoms with van der Waals surface area (Å²) in [6.45, 7) is -0.671. The summed E-state index contributed by atoms with van der Waals surface area (Å²) in [5, 5.41) is 39.8. The van der Waals surface area contributed by atoms with Gasteiger partial charge in [-0.1, -0.05) is 85.0 Å². The van der Waals surface area contributed by atoms with Gasteiger partial charge >= 0.3 is 0 Å².